The number of H-pyrrole nitrogens is 1. The van der Waals surface area contributed by atoms with Crippen LogP contribution in [0.25, 0.3) is 0 Å². The van der Waals surface area contributed by atoms with Crippen molar-refractivity contribution >= 4 is 17.5 Å². The summed E-state index contributed by atoms with van der Waals surface area (Å²) in [6.07, 6.45) is 3.70. The summed E-state index contributed by atoms with van der Waals surface area (Å²) in [7, 11) is 0. The fourth-order valence-electron chi connectivity index (χ4n) is 3.55. The van der Waals surface area contributed by atoms with E-state index in [9.17, 15) is 4.79 Å². The summed E-state index contributed by atoms with van der Waals surface area (Å²) in [5.74, 6) is 1.07. The van der Waals surface area contributed by atoms with Gasteiger partial charge in [-0.3, -0.25) is 14.9 Å². The topological polar surface area (TPSA) is 71.1 Å². The van der Waals surface area contributed by atoms with Crippen LogP contribution >= 0.6 is 11.6 Å². The predicted octanol–water partition coefficient (Wildman–Crippen LogP) is 3.64. The lowest BCUT2D eigenvalue weighted by Crippen LogP contribution is -2.30. The van der Waals surface area contributed by atoms with E-state index >= 15 is 0 Å². The molecule has 1 amide bonds. The van der Waals surface area contributed by atoms with Crippen LogP contribution in [0.15, 0.2) is 54.7 Å². The Morgan fingerprint density at radius 3 is 2.93 bits per heavy atom. The highest BCUT2D eigenvalue weighted by molar-refractivity contribution is 6.32. The molecule has 0 spiro atoms. The van der Waals surface area contributed by atoms with Gasteiger partial charge in [-0.2, -0.15) is 5.10 Å². The number of pyridine rings is 1. The highest BCUT2D eigenvalue weighted by Crippen LogP contribution is 2.27. The molecule has 1 saturated heterocycles. The third kappa shape index (κ3) is 4.95. The van der Waals surface area contributed by atoms with Crippen LogP contribution in [0.3, 0.4) is 0 Å². The predicted molar refractivity (Wildman–Crippen MR) is 111 cm³/mol. The average molecular weight is 411 g/mol. The third-order valence-electron chi connectivity index (χ3n) is 5.13. The molecule has 1 aliphatic heterocycles. The van der Waals surface area contributed by atoms with Gasteiger partial charge in [0.05, 0.1) is 23.7 Å². The first-order valence-corrected chi connectivity index (χ1v) is 10.2. The fourth-order valence-corrected chi connectivity index (χ4v) is 3.74. The van der Waals surface area contributed by atoms with Gasteiger partial charge in [-0.1, -0.05) is 29.8 Å². The van der Waals surface area contributed by atoms with E-state index in [-0.39, 0.29) is 11.8 Å². The van der Waals surface area contributed by atoms with Crippen LogP contribution in [0.4, 0.5) is 0 Å². The van der Waals surface area contributed by atoms with Gasteiger partial charge in [0.15, 0.2) is 0 Å². The Balaban J connectivity index is 1.27. The summed E-state index contributed by atoms with van der Waals surface area (Å²) in [5.41, 5.74) is 2.83. The van der Waals surface area contributed by atoms with Crippen molar-refractivity contribution in [1.82, 2.24) is 20.1 Å². The van der Waals surface area contributed by atoms with Gasteiger partial charge in [0.2, 0.25) is 5.91 Å². The van der Waals surface area contributed by atoms with Gasteiger partial charge >= 0.3 is 0 Å². The Morgan fingerprint density at radius 2 is 2.10 bits per heavy atom. The standard InChI is InChI=1S/C22H23ClN4O2/c23-19-6-1-2-7-21(19)29-12-9-18-13-20(26-25-18)16-8-11-27(15-16)22(28)14-17-5-3-4-10-24-17/h1-7,10,13,16H,8-9,11-12,14-15H2,(H,25,26)/t16-/m0/s1. The molecule has 2 aromatic heterocycles. The molecule has 6 nitrogen and oxygen atoms in total. The summed E-state index contributed by atoms with van der Waals surface area (Å²) >= 11 is 6.11. The smallest absolute Gasteiger partial charge is 0.228 e. The number of hydrogen-bond acceptors (Lipinski definition) is 4. The lowest BCUT2D eigenvalue weighted by atomic mass is 10.0. The number of ether oxygens (including phenoxy) is 1. The number of carbonyl (C=O) groups excluding carboxylic acids is 1. The zero-order valence-corrected chi connectivity index (χ0v) is 16.8. The Kier molecular flexibility index (Phi) is 6.10. The summed E-state index contributed by atoms with van der Waals surface area (Å²) in [5, 5.41) is 8.16. The highest BCUT2D eigenvalue weighted by Gasteiger charge is 2.29. The number of nitrogens with zero attached hydrogens (tertiary/aromatic N) is 3. The quantitative estimate of drug-likeness (QED) is 0.645. The number of halogens is 1. The number of nitrogens with one attached hydrogen (secondary N) is 1. The minimum atomic E-state index is 0.120. The van der Waals surface area contributed by atoms with Gasteiger partial charge in [0.25, 0.3) is 0 Å². The van der Waals surface area contributed by atoms with Crippen LogP contribution in [0, 0.1) is 0 Å². The number of likely N-dealkylation sites (tertiary alicyclic amines) is 1. The molecule has 0 saturated carbocycles. The van der Waals surface area contributed by atoms with Gasteiger partial charge in [-0.15, -0.1) is 0 Å². The number of aromatic nitrogens is 3. The number of rotatable bonds is 7. The van der Waals surface area contributed by atoms with Crippen LogP contribution in [0.2, 0.25) is 5.02 Å². The monoisotopic (exact) mass is 410 g/mol. The molecule has 3 heterocycles. The van der Waals surface area contributed by atoms with Gasteiger partial charge < -0.3 is 9.64 Å². The second-order valence-corrected chi connectivity index (χ2v) is 7.58. The average Bonchev–Trinajstić information content (AvgIpc) is 3.40. The molecule has 0 aliphatic carbocycles. The first-order chi connectivity index (χ1) is 14.2. The fraction of sp³-hybridized carbons (Fsp3) is 0.318. The zero-order chi connectivity index (χ0) is 20.1. The highest BCUT2D eigenvalue weighted by atomic mass is 35.5. The van der Waals surface area contributed by atoms with Gasteiger partial charge in [0.1, 0.15) is 5.75 Å². The zero-order valence-electron chi connectivity index (χ0n) is 16.1. The van der Waals surface area contributed by atoms with Crippen molar-refractivity contribution in [1.29, 1.82) is 0 Å². The molecule has 1 N–H and O–H groups in total. The van der Waals surface area contributed by atoms with Gasteiger partial charge in [-0.25, -0.2) is 0 Å². The number of aromatic amines is 1. The number of para-hydroxylation sites is 1. The second-order valence-electron chi connectivity index (χ2n) is 7.17. The molecule has 1 aromatic carbocycles. The van der Waals surface area contributed by atoms with E-state index in [2.05, 4.69) is 21.2 Å². The van der Waals surface area contributed by atoms with Crippen LogP contribution in [0.5, 0.6) is 5.75 Å². The van der Waals surface area contributed by atoms with Crippen molar-refractivity contribution in [3.63, 3.8) is 0 Å². The van der Waals surface area contributed by atoms with Crippen LogP contribution in [0.1, 0.15) is 29.4 Å². The minimum absolute atomic E-state index is 0.120. The Bertz CT molecular complexity index is 960. The Hall–Kier alpha value is -2.86. The molecule has 29 heavy (non-hydrogen) atoms. The van der Waals surface area contributed by atoms with Crippen LogP contribution in [-0.2, 0) is 17.6 Å². The van der Waals surface area contributed by atoms with Crippen LogP contribution in [-0.4, -0.2) is 45.7 Å². The number of amides is 1. The molecule has 1 fully saturated rings. The lowest BCUT2D eigenvalue weighted by Gasteiger charge is -2.15. The molecule has 0 bridgehead atoms. The van der Waals surface area contributed by atoms with Crippen molar-refractivity contribution in [3.8, 4) is 5.75 Å². The summed E-state index contributed by atoms with van der Waals surface area (Å²) in [6.45, 7) is 1.98. The number of carbonyl (C=O) groups is 1. The minimum Gasteiger partial charge on any atom is -0.492 e. The first-order valence-electron chi connectivity index (χ1n) is 9.78. The van der Waals surface area contributed by atoms with E-state index in [4.69, 9.17) is 16.3 Å². The maximum Gasteiger partial charge on any atom is 0.228 e. The molecule has 4 rings (SSSR count). The normalized spacial score (nSPS) is 16.2. The van der Waals surface area contributed by atoms with E-state index in [1.165, 1.54) is 0 Å². The number of hydrogen-bond donors (Lipinski definition) is 1. The van der Waals surface area contributed by atoms with E-state index in [1.807, 2.05) is 47.4 Å². The Labute approximate surface area is 174 Å². The van der Waals surface area contributed by atoms with E-state index in [1.54, 1.807) is 6.20 Å². The SMILES string of the molecule is O=C(Cc1ccccn1)N1CC[C@H](c2cc(CCOc3ccccc3Cl)[nH]n2)C1. The Morgan fingerprint density at radius 1 is 1.24 bits per heavy atom. The largest absolute Gasteiger partial charge is 0.492 e. The first kappa shape index (κ1) is 19.5. The molecular formula is C22H23ClN4O2. The van der Waals surface area contributed by atoms with E-state index in [0.29, 0.717) is 36.8 Å². The maximum atomic E-state index is 12.5. The summed E-state index contributed by atoms with van der Waals surface area (Å²) in [6, 6.07) is 15.2. The van der Waals surface area contributed by atoms with Crippen molar-refractivity contribution in [2.24, 2.45) is 0 Å². The van der Waals surface area contributed by atoms with Crippen molar-refractivity contribution in [3.05, 3.63) is 76.8 Å². The van der Waals surface area contributed by atoms with Crippen molar-refractivity contribution in [2.75, 3.05) is 19.7 Å². The van der Waals surface area contributed by atoms with Crippen molar-refractivity contribution in [2.45, 2.75) is 25.2 Å². The lowest BCUT2D eigenvalue weighted by molar-refractivity contribution is -0.129. The molecule has 150 valence electrons. The molecule has 0 unspecified atom stereocenters. The number of benzene rings is 1. The second kappa shape index (κ2) is 9.09. The third-order valence-corrected chi connectivity index (χ3v) is 5.45. The molecule has 1 atom stereocenters. The molecule has 3 aromatic rings. The molecule has 7 heteroatoms. The summed E-state index contributed by atoms with van der Waals surface area (Å²) < 4.78 is 5.74. The van der Waals surface area contributed by atoms with Crippen molar-refractivity contribution < 1.29 is 9.53 Å². The van der Waals surface area contributed by atoms with Crippen LogP contribution < -0.4 is 4.74 Å². The maximum absolute atomic E-state index is 12.5. The molecular weight excluding hydrogens is 388 g/mol. The van der Waals surface area contributed by atoms with E-state index in [0.717, 1.165) is 30.0 Å². The molecule has 1 aliphatic rings. The van der Waals surface area contributed by atoms with Gasteiger partial charge in [0, 0.05) is 43.0 Å². The molecule has 0 radical (unpaired) electrons. The summed E-state index contributed by atoms with van der Waals surface area (Å²) in [4.78, 5) is 18.7. The van der Waals surface area contributed by atoms with Gasteiger partial charge in [-0.05, 0) is 36.8 Å². The van der Waals surface area contributed by atoms with E-state index < -0.39 is 0 Å².